The summed E-state index contributed by atoms with van der Waals surface area (Å²) in [4.78, 5) is 4.07. The number of hydrogen-bond donors (Lipinski definition) is 1. The van der Waals surface area contributed by atoms with E-state index in [-0.39, 0.29) is 0 Å². The van der Waals surface area contributed by atoms with Gasteiger partial charge in [-0.3, -0.25) is 9.67 Å². The van der Waals surface area contributed by atoms with Crippen LogP contribution >= 0.6 is 11.6 Å². The molecule has 0 aliphatic heterocycles. The van der Waals surface area contributed by atoms with Crippen LogP contribution in [0.2, 0.25) is 5.02 Å². The first kappa shape index (κ1) is 13.6. The Bertz CT molecular complexity index is 796. The SMILES string of the molecule is Cn1nc(-c2ccc(F)cn2)c(-c2ccccc2Cl)c1N. The number of aromatic nitrogens is 3. The van der Waals surface area contributed by atoms with E-state index in [1.54, 1.807) is 23.9 Å². The van der Waals surface area contributed by atoms with Crippen LogP contribution in [-0.2, 0) is 7.05 Å². The van der Waals surface area contributed by atoms with E-state index in [4.69, 9.17) is 17.3 Å². The highest BCUT2D eigenvalue weighted by Crippen LogP contribution is 2.38. The van der Waals surface area contributed by atoms with Crippen LogP contribution < -0.4 is 5.73 Å². The van der Waals surface area contributed by atoms with Gasteiger partial charge in [0.15, 0.2) is 0 Å². The molecule has 4 nitrogen and oxygen atoms in total. The summed E-state index contributed by atoms with van der Waals surface area (Å²) >= 11 is 6.25. The summed E-state index contributed by atoms with van der Waals surface area (Å²) < 4.78 is 14.6. The molecule has 106 valence electrons. The topological polar surface area (TPSA) is 56.7 Å². The maximum Gasteiger partial charge on any atom is 0.141 e. The van der Waals surface area contributed by atoms with Crippen LogP contribution in [0.25, 0.3) is 22.5 Å². The summed E-state index contributed by atoms with van der Waals surface area (Å²) in [5.74, 6) is 0.0752. The van der Waals surface area contributed by atoms with Gasteiger partial charge in [-0.15, -0.1) is 0 Å². The van der Waals surface area contributed by atoms with Gasteiger partial charge in [-0.1, -0.05) is 29.8 Å². The first-order valence-electron chi connectivity index (χ1n) is 6.27. The Hall–Kier alpha value is -2.40. The van der Waals surface area contributed by atoms with Gasteiger partial charge in [-0.2, -0.15) is 5.10 Å². The number of benzene rings is 1. The van der Waals surface area contributed by atoms with Crippen LogP contribution in [0.4, 0.5) is 10.2 Å². The van der Waals surface area contributed by atoms with E-state index >= 15 is 0 Å². The minimum Gasteiger partial charge on any atom is -0.383 e. The van der Waals surface area contributed by atoms with Gasteiger partial charge in [0.05, 0.1) is 17.5 Å². The number of nitrogens with two attached hydrogens (primary N) is 1. The molecule has 0 amide bonds. The average Bonchev–Trinajstić information content (AvgIpc) is 2.77. The first-order chi connectivity index (χ1) is 10.1. The summed E-state index contributed by atoms with van der Waals surface area (Å²) in [5, 5.41) is 4.95. The largest absolute Gasteiger partial charge is 0.383 e. The van der Waals surface area contributed by atoms with E-state index in [0.29, 0.717) is 27.8 Å². The Morgan fingerprint density at radius 3 is 2.62 bits per heavy atom. The van der Waals surface area contributed by atoms with Crippen molar-refractivity contribution in [2.75, 3.05) is 5.73 Å². The summed E-state index contributed by atoms with van der Waals surface area (Å²) in [6.45, 7) is 0. The van der Waals surface area contributed by atoms with E-state index in [9.17, 15) is 4.39 Å². The molecule has 0 aliphatic rings. The van der Waals surface area contributed by atoms with E-state index in [2.05, 4.69) is 10.1 Å². The minimum absolute atomic E-state index is 0.401. The van der Waals surface area contributed by atoms with E-state index < -0.39 is 5.82 Å². The lowest BCUT2D eigenvalue weighted by atomic mass is 10.0. The molecule has 0 unspecified atom stereocenters. The van der Waals surface area contributed by atoms with Gasteiger partial charge in [-0.05, 0) is 18.2 Å². The van der Waals surface area contributed by atoms with Gasteiger partial charge in [-0.25, -0.2) is 4.39 Å². The molecule has 0 aliphatic carbocycles. The molecule has 0 radical (unpaired) electrons. The van der Waals surface area contributed by atoms with Crippen LogP contribution in [0, 0.1) is 5.82 Å². The van der Waals surface area contributed by atoms with Crippen molar-refractivity contribution in [2.45, 2.75) is 0 Å². The molecule has 0 saturated heterocycles. The number of hydrogen-bond acceptors (Lipinski definition) is 3. The average molecular weight is 303 g/mol. The molecule has 1 aromatic carbocycles. The zero-order valence-corrected chi connectivity index (χ0v) is 12.0. The van der Waals surface area contributed by atoms with Gasteiger partial charge in [0.25, 0.3) is 0 Å². The van der Waals surface area contributed by atoms with Gasteiger partial charge in [0, 0.05) is 17.6 Å². The Morgan fingerprint density at radius 2 is 1.95 bits per heavy atom. The lowest BCUT2D eigenvalue weighted by molar-refractivity contribution is 0.621. The monoisotopic (exact) mass is 302 g/mol. The maximum absolute atomic E-state index is 13.0. The predicted octanol–water partition coefficient (Wildman–Crippen LogP) is 3.52. The number of anilines is 1. The molecule has 3 aromatic rings. The summed E-state index contributed by atoms with van der Waals surface area (Å²) in [6.07, 6.45) is 1.15. The van der Waals surface area contributed by atoms with Crippen LogP contribution in [0.5, 0.6) is 0 Å². The molecule has 0 fully saturated rings. The maximum atomic E-state index is 13.0. The van der Waals surface area contributed by atoms with Crippen LogP contribution in [-0.4, -0.2) is 14.8 Å². The quantitative estimate of drug-likeness (QED) is 0.788. The highest BCUT2D eigenvalue weighted by molar-refractivity contribution is 6.33. The van der Waals surface area contributed by atoms with Crippen LogP contribution in [0.15, 0.2) is 42.6 Å². The zero-order chi connectivity index (χ0) is 15.0. The molecule has 2 heterocycles. The second-order valence-electron chi connectivity index (χ2n) is 4.57. The van der Waals surface area contributed by atoms with Crippen molar-refractivity contribution in [3.63, 3.8) is 0 Å². The fourth-order valence-corrected chi connectivity index (χ4v) is 2.39. The molecule has 21 heavy (non-hydrogen) atoms. The molecular formula is C15H12ClFN4. The van der Waals surface area contributed by atoms with E-state index in [1.165, 1.54) is 6.07 Å². The van der Waals surface area contributed by atoms with E-state index in [0.717, 1.165) is 11.8 Å². The number of nitrogens with zero attached hydrogens (tertiary/aromatic N) is 3. The molecule has 0 saturated carbocycles. The molecule has 2 N–H and O–H groups in total. The third-order valence-corrected chi connectivity index (χ3v) is 3.53. The number of pyridine rings is 1. The lowest BCUT2D eigenvalue weighted by Crippen LogP contribution is -1.98. The Morgan fingerprint density at radius 1 is 1.19 bits per heavy atom. The van der Waals surface area contributed by atoms with Gasteiger partial charge in [0.1, 0.15) is 17.3 Å². The van der Waals surface area contributed by atoms with Crippen LogP contribution in [0.1, 0.15) is 0 Å². The standard InChI is InChI=1S/C15H12ClFN4/c1-21-15(18)13(10-4-2-3-5-11(10)16)14(20-21)12-7-6-9(17)8-19-12/h2-8H,18H2,1H3. The van der Waals surface area contributed by atoms with Gasteiger partial charge >= 0.3 is 0 Å². The van der Waals surface area contributed by atoms with Crippen molar-refractivity contribution in [3.8, 4) is 22.5 Å². The predicted molar refractivity (Wildman–Crippen MR) is 81.3 cm³/mol. The van der Waals surface area contributed by atoms with Crippen LogP contribution in [0.3, 0.4) is 0 Å². The lowest BCUT2D eigenvalue weighted by Gasteiger charge is -2.06. The van der Waals surface area contributed by atoms with Gasteiger partial charge in [0.2, 0.25) is 0 Å². The molecule has 2 aromatic heterocycles. The normalized spacial score (nSPS) is 10.8. The molecular weight excluding hydrogens is 291 g/mol. The number of halogens is 2. The first-order valence-corrected chi connectivity index (χ1v) is 6.65. The molecule has 3 rings (SSSR count). The van der Waals surface area contributed by atoms with Crippen molar-refractivity contribution < 1.29 is 4.39 Å². The third-order valence-electron chi connectivity index (χ3n) is 3.20. The van der Waals surface area contributed by atoms with Crippen molar-refractivity contribution in [1.82, 2.24) is 14.8 Å². The number of aryl methyl sites for hydroxylation is 1. The van der Waals surface area contributed by atoms with Crippen molar-refractivity contribution in [3.05, 3.63) is 53.4 Å². The second kappa shape index (κ2) is 5.18. The summed E-state index contributed by atoms with van der Waals surface area (Å²) in [7, 11) is 1.74. The molecule has 6 heteroatoms. The van der Waals surface area contributed by atoms with E-state index in [1.807, 2.05) is 18.2 Å². The van der Waals surface area contributed by atoms with Gasteiger partial charge < -0.3 is 5.73 Å². The summed E-state index contributed by atoms with van der Waals surface area (Å²) in [5.41, 5.74) is 8.69. The highest BCUT2D eigenvalue weighted by atomic mass is 35.5. The minimum atomic E-state index is -0.401. The third kappa shape index (κ3) is 2.36. The van der Waals surface area contributed by atoms with Crippen molar-refractivity contribution >= 4 is 17.4 Å². The number of rotatable bonds is 2. The Balaban J connectivity index is 2.26. The van der Waals surface area contributed by atoms with Crippen molar-refractivity contribution in [2.24, 2.45) is 7.05 Å². The zero-order valence-electron chi connectivity index (χ0n) is 11.2. The van der Waals surface area contributed by atoms with Crippen molar-refractivity contribution in [1.29, 1.82) is 0 Å². The highest BCUT2D eigenvalue weighted by Gasteiger charge is 2.20. The molecule has 0 atom stereocenters. The number of nitrogen functional groups attached to an aromatic ring is 1. The Labute approximate surface area is 126 Å². The fourth-order valence-electron chi connectivity index (χ4n) is 2.16. The Kier molecular flexibility index (Phi) is 3.35. The summed E-state index contributed by atoms with van der Waals surface area (Å²) in [6, 6.07) is 10.3. The fraction of sp³-hybridized carbons (Fsp3) is 0.0667. The second-order valence-corrected chi connectivity index (χ2v) is 4.98. The molecule has 0 spiro atoms. The smallest absolute Gasteiger partial charge is 0.141 e. The molecule has 0 bridgehead atoms.